The molecule has 0 aliphatic rings. The molecule has 98 valence electrons. The highest BCUT2D eigenvalue weighted by molar-refractivity contribution is 7.98. The van der Waals surface area contributed by atoms with Crippen molar-refractivity contribution in [3.63, 3.8) is 0 Å². The zero-order valence-electron chi connectivity index (χ0n) is 10.4. The van der Waals surface area contributed by atoms with Crippen molar-refractivity contribution >= 4 is 23.1 Å². The summed E-state index contributed by atoms with van der Waals surface area (Å²) in [4.78, 5) is 5.27. The highest BCUT2D eigenvalue weighted by atomic mass is 32.2. The van der Waals surface area contributed by atoms with Crippen LogP contribution in [-0.4, -0.2) is 24.9 Å². The maximum Gasteiger partial charge on any atom is 0.237 e. The van der Waals surface area contributed by atoms with Gasteiger partial charge in [-0.3, -0.25) is 0 Å². The summed E-state index contributed by atoms with van der Waals surface area (Å²) in [6.45, 7) is 1.80. The number of aromatic nitrogens is 5. The zero-order chi connectivity index (χ0) is 13.2. The third kappa shape index (κ3) is 2.54. The summed E-state index contributed by atoms with van der Waals surface area (Å²) in [5, 5.41) is 15.0. The van der Waals surface area contributed by atoms with E-state index in [-0.39, 0.29) is 0 Å². The molecule has 0 bridgehead atoms. The predicted molar refractivity (Wildman–Crippen MR) is 72.9 cm³/mol. The minimum absolute atomic E-state index is 0.594. The van der Waals surface area contributed by atoms with E-state index >= 15 is 0 Å². The number of rotatable bonds is 4. The minimum Gasteiger partial charge on any atom is -0.338 e. The molecule has 19 heavy (non-hydrogen) atoms. The molecule has 0 atom stereocenters. The van der Waals surface area contributed by atoms with Crippen LogP contribution in [0.4, 0.5) is 0 Å². The van der Waals surface area contributed by atoms with Crippen LogP contribution in [0.2, 0.25) is 0 Å². The first kappa shape index (κ1) is 12.4. The summed E-state index contributed by atoms with van der Waals surface area (Å²) in [6.07, 6.45) is 0. The van der Waals surface area contributed by atoms with Crippen molar-refractivity contribution < 1.29 is 4.52 Å². The molecule has 8 heteroatoms. The standard InChI is InChI=1S/C11H11N5OS2/c1-7-12-9(17-15-7)6-19-11-14-13-10(16(11)2)8-4-3-5-18-8/h3-5H,6H2,1-2H3. The van der Waals surface area contributed by atoms with E-state index in [1.54, 1.807) is 18.3 Å². The first-order valence-corrected chi connectivity index (χ1v) is 7.46. The average molecular weight is 293 g/mol. The normalized spacial score (nSPS) is 11.1. The van der Waals surface area contributed by atoms with E-state index in [0.717, 1.165) is 15.9 Å². The molecule has 0 aromatic carbocycles. The fraction of sp³-hybridized carbons (Fsp3) is 0.273. The van der Waals surface area contributed by atoms with Gasteiger partial charge in [0.1, 0.15) is 0 Å². The molecule has 3 heterocycles. The summed E-state index contributed by atoms with van der Waals surface area (Å²) in [5.74, 6) is 2.72. The van der Waals surface area contributed by atoms with E-state index in [9.17, 15) is 0 Å². The van der Waals surface area contributed by atoms with E-state index in [1.807, 2.05) is 29.1 Å². The lowest BCUT2D eigenvalue weighted by Crippen LogP contribution is -1.94. The minimum atomic E-state index is 0.594. The molecule has 0 aliphatic carbocycles. The summed E-state index contributed by atoms with van der Waals surface area (Å²) in [6, 6.07) is 4.03. The van der Waals surface area contributed by atoms with Gasteiger partial charge in [-0.1, -0.05) is 23.0 Å². The Bertz CT molecular complexity index is 673. The second-order valence-electron chi connectivity index (χ2n) is 3.87. The SMILES string of the molecule is Cc1noc(CSc2nnc(-c3cccs3)n2C)n1. The van der Waals surface area contributed by atoms with Crippen LogP contribution in [0.15, 0.2) is 27.2 Å². The number of hydrogen-bond donors (Lipinski definition) is 0. The van der Waals surface area contributed by atoms with Crippen molar-refractivity contribution in [1.29, 1.82) is 0 Å². The van der Waals surface area contributed by atoms with Gasteiger partial charge in [-0.25, -0.2) is 0 Å². The van der Waals surface area contributed by atoms with Crippen molar-refractivity contribution in [2.75, 3.05) is 0 Å². The summed E-state index contributed by atoms with van der Waals surface area (Å²) < 4.78 is 7.04. The second-order valence-corrected chi connectivity index (χ2v) is 5.76. The lowest BCUT2D eigenvalue weighted by atomic mass is 10.4. The summed E-state index contributed by atoms with van der Waals surface area (Å²) >= 11 is 3.18. The molecule has 6 nitrogen and oxygen atoms in total. The van der Waals surface area contributed by atoms with Gasteiger partial charge in [0.25, 0.3) is 0 Å². The van der Waals surface area contributed by atoms with Gasteiger partial charge in [0.15, 0.2) is 16.8 Å². The summed E-state index contributed by atoms with van der Waals surface area (Å²) in [5.41, 5.74) is 0. The molecule has 3 rings (SSSR count). The van der Waals surface area contributed by atoms with Crippen LogP contribution >= 0.6 is 23.1 Å². The molecule has 0 N–H and O–H groups in total. The van der Waals surface area contributed by atoms with Crippen LogP contribution in [0.5, 0.6) is 0 Å². The second kappa shape index (κ2) is 5.14. The fourth-order valence-electron chi connectivity index (χ4n) is 1.59. The van der Waals surface area contributed by atoms with Gasteiger partial charge in [0.05, 0.1) is 10.6 Å². The highest BCUT2D eigenvalue weighted by Crippen LogP contribution is 2.27. The molecule has 0 spiro atoms. The molecule has 0 amide bonds. The van der Waals surface area contributed by atoms with Crippen LogP contribution in [0.1, 0.15) is 11.7 Å². The molecule has 0 saturated carbocycles. The van der Waals surface area contributed by atoms with E-state index in [1.165, 1.54) is 11.8 Å². The Balaban J connectivity index is 1.75. The Labute approximate surface area is 117 Å². The van der Waals surface area contributed by atoms with Crippen molar-refractivity contribution in [2.24, 2.45) is 7.05 Å². The van der Waals surface area contributed by atoms with Crippen molar-refractivity contribution in [3.05, 3.63) is 29.2 Å². The third-order valence-corrected chi connectivity index (χ3v) is 4.34. The lowest BCUT2D eigenvalue weighted by molar-refractivity contribution is 0.387. The van der Waals surface area contributed by atoms with E-state index in [4.69, 9.17) is 4.52 Å². The Morgan fingerprint density at radius 2 is 2.32 bits per heavy atom. The maximum atomic E-state index is 5.07. The molecule has 0 unspecified atom stereocenters. The van der Waals surface area contributed by atoms with Gasteiger partial charge < -0.3 is 9.09 Å². The van der Waals surface area contributed by atoms with Crippen LogP contribution in [0, 0.1) is 6.92 Å². The molecular weight excluding hydrogens is 282 g/mol. The molecule has 3 aromatic rings. The molecular formula is C11H11N5OS2. The monoisotopic (exact) mass is 293 g/mol. The van der Waals surface area contributed by atoms with Crippen LogP contribution < -0.4 is 0 Å². The van der Waals surface area contributed by atoms with Gasteiger partial charge in [0.2, 0.25) is 5.89 Å². The third-order valence-electron chi connectivity index (χ3n) is 2.47. The number of nitrogens with zero attached hydrogens (tertiary/aromatic N) is 5. The van der Waals surface area contributed by atoms with E-state index in [0.29, 0.717) is 17.5 Å². The summed E-state index contributed by atoms with van der Waals surface area (Å²) in [7, 11) is 1.95. The van der Waals surface area contributed by atoms with Crippen LogP contribution in [-0.2, 0) is 12.8 Å². The first-order valence-electron chi connectivity index (χ1n) is 5.59. The molecule has 3 aromatic heterocycles. The molecule has 0 fully saturated rings. The van der Waals surface area contributed by atoms with Gasteiger partial charge >= 0.3 is 0 Å². The Morgan fingerprint density at radius 3 is 3.00 bits per heavy atom. The Morgan fingerprint density at radius 1 is 1.42 bits per heavy atom. The number of thiophene rings is 1. The van der Waals surface area contributed by atoms with Crippen LogP contribution in [0.25, 0.3) is 10.7 Å². The van der Waals surface area contributed by atoms with Crippen molar-refractivity contribution in [2.45, 2.75) is 17.8 Å². The highest BCUT2D eigenvalue weighted by Gasteiger charge is 2.13. The van der Waals surface area contributed by atoms with E-state index in [2.05, 4.69) is 20.3 Å². The fourth-order valence-corrected chi connectivity index (χ4v) is 3.08. The van der Waals surface area contributed by atoms with Crippen molar-refractivity contribution in [3.8, 4) is 10.7 Å². The van der Waals surface area contributed by atoms with E-state index < -0.39 is 0 Å². The topological polar surface area (TPSA) is 69.6 Å². The number of thioether (sulfide) groups is 1. The van der Waals surface area contributed by atoms with Gasteiger partial charge in [-0.2, -0.15) is 4.98 Å². The molecule has 0 aliphatic heterocycles. The zero-order valence-corrected chi connectivity index (χ0v) is 12.0. The quantitative estimate of drug-likeness (QED) is 0.688. The number of hydrogen-bond acceptors (Lipinski definition) is 7. The average Bonchev–Trinajstić information content (AvgIpc) is 3.09. The van der Waals surface area contributed by atoms with Crippen LogP contribution in [0.3, 0.4) is 0 Å². The molecule has 0 radical (unpaired) electrons. The largest absolute Gasteiger partial charge is 0.338 e. The van der Waals surface area contributed by atoms with Gasteiger partial charge in [-0.15, -0.1) is 21.5 Å². The number of aryl methyl sites for hydroxylation is 1. The first-order chi connectivity index (χ1) is 9.24. The van der Waals surface area contributed by atoms with Crippen molar-refractivity contribution in [1.82, 2.24) is 24.9 Å². The predicted octanol–water partition coefficient (Wildman–Crippen LogP) is 2.53. The maximum absolute atomic E-state index is 5.07. The molecule has 0 saturated heterocycles. The Hall–Kier alpha value is -1.67. The Kier molecular flexibility index (Phi) is 3.34. The lowest BCUT2D eigenvalue weighted by Gasteiger charge is -2.00. The van der Waals surface area contributed by atoms with Gasteiger partial charge in [0, 0.05) is 7.05 Å². The van der Waals surface area contributed by atoms with Gasteiger partial charge in [-0.05, 0) is 18.4 Å². The smallest absolute Gasteiger partial charge is 0.237 e.